The van der Waals surface area contributed by atoms with Gasteiger partial charge in [0.2, 0.25) is 0 Å². The predicted octanol–water partition coefficient (Wildman–Crippen LogP) is 6.98. The summed E-state index contributed by atoms with van der Waals surface area (Å²) in [6.45, 7) is 12.8. The van der Waals surface area contributed by atoms with E-state index in [0.717, 1.165) is 89.8 Å². The summed E-state index contributed by atoms with van der Waals surface area (Å²) in [5.74, 6) is 0.370. The van der Waals surface area contributed by atoms with Crippen LogP contribution in [-0.4, -0.2) is 127 Å². The Kier molecular flexibility index (Phi) is 12.3. The van der Waals surface area contributed by atoms with Gasteiger partial charge in [0, 0.05) is 25.7 Å². The van der Waals surface area contributed by atoms with E-state index in [2.05, 4.69) is 58.6 Å². The van der Waals surface area contributed by atoms with Crippen LogP contribution in [0.15, 0.2) is 36.5 Å². The maximum atomic E-state index is 12.3. The zero-order valence-electron chi connectivity index (χ0n) is 36.8. The third-order valence-electron chi connectivity index (χ3n) is 16.1. The molecular weight excluding hydrogens is 781 g/mol. The molecule has 10 heterocycles. The van der Waals surface area contributed by atoms with E-state index in [-0.39, 0.29) is 116 Å². The number of hydrogen-bond donors (Lipinski definition) is 0. The number of carbonyl (C=O) groups is 2. The third kappa shape index (κ3) is 8.77. The van der Waals surface area contributed by atoms with Crippen LogP contribution in [0, 0.1) is 11.8 Å². The van der Waals surface area contributed by atoms with Gasteiger partial charge in [0.15, 0.2) is 0 Å². The summed E-state index contributed by atoms with van der Waals surface area (Å²) in [6, 6.07) is 0. The second kappa shape index (κ2) is 17.4. The Balaban J connectivity index is 0.814. The molecule has 0 amide bonds. The van der Waals surface area contributed by atoms with E-state index in [1.165, 1.54) is 0 Å². The Morgan fingerprint density at radius 1 is 0.656 bits per heavy atom. The minimum atomic E-state index is -0.530. The molecule has 8 fully saturated rings. The topological polar surface area (TPSA) is 126 Å². The summed E-state index contributed by atoms with van der Waals surface area (Å²) in [7, 11) is 0. The molecule has 0 N–H and O–H groups in total. The van der Waals surface area contributed by atoms with E-state index < -0.39 is 11.2 Å². The Labute approximate surface area is 362 Å². The SMILES string of the molecule is C=C(C=O)C[C@@H]1CC[C@@H]2O[C@@H]3C[C@]4(C)O[C@@H]5/C=C\C[C@@H]6O[C@H]7[C@H](C/C=C\C[C@H]6O[C@H]5CCC[C@H]4O[C@H]3C[C@H]2O1)O[C@@H]1C[C@@H]2O[C@@H]3CC(=O)O[C@H]3C[C@@H](C)C[C@@]2(C)O[C@H]1C[C@@H]7C. The van der Waals surface area contributed by atoms with Crippen LogP contribution in [0.25, 0.3) is 0 Å². The predicted molar refractivity (Wildman–Crippen MR) is 223 cm³/mol. The lowest BCUT2D eigenvalue weighted by molar-refractivity contribution is -0.305. The lowest BCUT2D eigenvalue weighted by atomic mass is 9.78. The summed E-state index contributed by atoms with van der Waals surface area (Å²) >= 11 is 0. The van der Waals surface area contributed by atoms with Crippen molar-refractivity contribution in [1.82, 2.24) is 0 Å². The fourth-order valence-corrected chi connectivity index (χ4v) is 13.1. The average Bonchev–Trinajstić information content (AvgIpc) is 3.52. The molecule has 10 rings (SSSR count). The number of esters is 1. The molecule has 338 valence electrons. The van der Waals surface area contributed by atoms with Crippen LogP contribution in [0.4, 0.5) is 0 Å². The smallest absolute Gasteiger partial charge is 0.308 e. The highest BCUT2D eigenvalue weighted by molar-refractivity contribution is 5.72. The largest absolute Gasteiger partial charge is 0.459 e. The van der Waals surface area contributed by atoms with E-state index in [1.807, 2.05) is 0 Å². The molecule has 0 saturated carbocycles. The first kappa shape index (κ1) is 42.9. The van der Waals surface area contributed by atoms with Crippen LogP contribution in [0.5, 0.6) is 0 Å². The molecule has 10 aliphatic rings. The first-order valence-corrected chi connectivity index (χ1v) is 24.0. The van der Waals surface area contributed by atoms with Crippen LogP contribution in [0.3, 0.4) is 0 Å². The standard InChI is InChI=1S/C49H70O12/c1-27-19-37-41(23-46(51)58-37)57-45-22-40-42(61-48(45,4)24-27)20-29(3)47-36(55-40)11-7-6-10-31-32(59-47)12-8-14-35-33(53-31)13-9-15-44-49(5,60-35)25-43-39(56-44)21-38-34(54-43)17-16-30(52-38)18-28(2)26-50/h6-8,14,26-27,29-45,47H,2,9-13,15-25H2,1,3-5H3/b7-6-,14-8-/t27-,29+,30+,31-,32+,33+,34+,35-,36+,37+,38-,39+,40-,41-,42+,43-,44-,45+,47-,48-,49+/m1/s1. The molecule has 12 heteroatoms. The first-order chi connectivity index (χ1) is 29.4. The lowest BCUT2D eigenvalue weighted by Gasteiger charge is -2.55. The van der Waals surface area contributed by atoms with Crippen molar-refractivity contribution in [2.45, 2.75) is 245 Å². The van der Waals surface area contributed by atoms with E-state index in [9.17, 15) is 9.59 Å². The summed E-state index contributed by atoms with van der Waals surface area (Å²) < 4.78 is 68.5. The average molecular weight is 851 g/mol. The molecule has 10 aliphatic heterocycles. The zero-order chi connectivity index (χ0) is 42.0. The van der Waals surface area contributed by atoms with E-state index in [1.54, 1.807) is 0 Å². The maximum Gasteiger partial charge on any atom is 0.308 e. The normalized spacial score (nSPS) is 53.2. The van der Waals surface area contributed by atoms with Crippen LogP contribution >= 0.6 is 0 Å². The monoisotopic (exact) mass is 850 g/mol. The number of fused-ring (bicyclic) bond motifs is 9. The van der Waals surface area contributed by atoms with Crippen molar-refractivity contribution in [2.24, 2.45) is 11.8 Å². The van der Waals surface area contributed by atoms with Gasteiger partial charge in [-0.1, -0.05) is 44.7 Å². The molecule has 0 aromatic rings. The van der Waals surface area contributed by atoms with Gasteiger partial charge >= 0.3 is 5.97 Å². The zero-order valence-corrected chi connectivity index (χ0v) is 36.8. The van der Waals surface area contributed by atoms with Crippen molar-refractivity contribution in [3.63, 3.8) is 0 Å². The van der Waals surface area contributed by atoms with Gasteiger partial charge < -0.3 is 47.4 Å². The minimum Gasteiger partial charge on any atom is -0.459 e. The highest BCUT2D eigenvalue weighted by atomic mass is 16.6. The van der Waals surface area contributed by atoms with Gasteiger partial charge in [-0.3, -0.25) is 9.59 Å². The third-order valence-corrected chi connectivity index (χ3v) is 16.1. The van der Waals surface area contributed by atoms with E-state index >= 15 is 0 Å². The molecule has 61 heavy (non-hydrogen) atoms. The highest BCUT2D eigenvalue weighted by Gasteiger charge is 2.56. The van der Waals surface area contributed by atoms with Gasteiger partial charge in [-0.25, -0.2) is 0 Å². The Bertz CT molecular complexity index is 1680. The fraction of sp³-hybridized carbons (Fsp3) is 0.837. The molecule has 21 atom stereocenters. The summed E-state index contributed by atoms with van der Waals surface area (Å²) in [4.78, 5) is 23.6. The molecule has 0 aromatic heterocycles. The van der Waals surface area contributed by atoms with Crippen LogP contribution in [-0.2, 0) is 57.0 Å². The van der Waals surface area contributed by atoms with E-state index in [4.69, 9.17) is 47.4 Å². The highest BCUT2D eigenvalue weighted by Crippen LogP contribution is 2.48. The van der Waals surface area contributed by atoms with Crippen molar-refractivity contribution >= 4 is 12.3 Å². The quantitative estimate of drug-likeness (QED) is 0.126. The maximum absolute atomic E-state index is 12.3. The molecule has 0 unspecified atom stereocenters. The fourth-order valence-electron chi connectivity index (χ4n) is 13.1. The molecule has 0 bridgehead atoms. The summed E-state index contributed by atoms with van der Waals surface area (Å²) in [6.07, 6.45) is 20.3. The van der Waals surface area contributed by atoms with Crippen molar-refractivity contribution in [1.29, 1.82) is 0 Å². The summed E-state index contributed by atoms with van der Waals surface area (Å²) in [5.41, 5.74) is -0.421. The molecule has 0 spiro atoms. The Hall–Kier alpha value is -2.00. The van der Waals surface area contributed by atoms with Gasteiger partial charge in [-0.2, -0.15) is 0 Å². The molecule has 8 saturated heterocycles. The molecular formula is C49H70O12. The van der Waals surface area contributed by atoms with Gasteiger partial charge in [0.25, 0.3) is 0 Å². The van der Waals surface area contributed by atoms with Crippen LogP contribution in [0.1, 0.15) is 130 Å². The van der Waals surface area contributed by atoms with Gasteiger partial charge in [0.05, 0.1) is 103 Å². The number of aldehydes is 1. The van der Waals surface area contributed by atoms with Crippen molar-refractivity contribution in [2.75, 3.05) is 0 Å². The minimum absolute atomic E-state index is 0.00159. The Morgan fingerprint density at radius 2 is 1.38 bits per heavy atom. The van der Waals surface area contributed by atoms with Gasteiger partial charge in [0.1, 0.15) is 24.6 Å². The number of rotatable bonds is 3. The lowest BCUT2D eigenvalue weighted by Crippen LogP contribution is -2.63. The number of carbonyl (C=O) groups excluding carboxylic acids is 2. The van der Waals surface area contributed by atoms with Crippen LogP contribution in [0.2, 0.25) is 0 Å². The van der Waals surface area contributed by atoms with Crippen LogP contribution < -0.4 is 0 Å². The Morgan fingerprint density at radius 3 is 2.23 bits per heavy atom. The second-order valence-corrected chi connectivity index (χ2v) is 21.0. The van der Waals surface area contributed by atoms with Gasteiger partial charge in [-0.05, 0) is 102 Å². The number of hydrogen-bond acceptors (Lipinski definition) is 12. The van der Waals surface area contributed by atoms with Crippen molar-refractivity contribution in [3.05, 3.63) is 36.5 Å². The molecule has 12 nitrogen and oxygen atoms in total. The summed E-state index contributed by atoms with van der Waals surface area (Å²) in [5, 5.41) is 0. The molecule has 0 aromatic carbocycles. The van der Waals surface area contributed by atoms with Crippen molar-refractivity contribution in [3.8, 4) is 0 Å². The number of ether oxygens (including phenoxy) is 10. The first-order valence-electron chi connectivity index (χ1n) is 24.0. The van der Waals surface area contributed by atoms with Crippen molar-refractivity contribution < 1.29 is 57.0 Å². The molecule has 0 radical (unpaired) electrons. The second-order valence-electron chi connectivity index (χ2n) is 21.0. The van der Waals surface area contributed by atoms with E-state index in [0.29, 0.717) is 30.8 Å². The molecule has 0 aliphatic carbocycles. The van der Waals surface area contributed by atoms with Gasteiger partial charge in [-0.15, -0.1) is 0 Å².